The van der Waals surface area contributed by atoms with E-state index in [1.165, 1.54) is 7.11 Å². The first-order valence-electron chi connectivity index (χ1n) is 6.29. The van der Waals surface area contributed by atoms with E-state index in [1.54, 1.807) is 19.3 Å². The summed E-state index contributed by atoms with van der Waals surface area (Å²) in [6.07, 6.45) is 4.30. The molecule has 0 unspecified atom stereocenters. The Morgan fingerprint density at radius 3 is 2.58 bits per heavy atom. The maximum Gasteiger partial charge on any atom is 0.339 e. The first-order valence-corrected chi connectivity index (χ1v) is 6.29. The number of aromatic nitrogens is 1. The summed E-state index contributed by atoms with van der Waals surface area (Å²) in [4.78, 5) is 26.0. The Morgan fingerprint density at radius 2 is 2.00 bits per heavy atom. The number of hydrogen-bond acceptors (Lipinski definition) is 4. The van der Waals surface area contributed by atoms with Crippen molar-refractivity contribution in [2.24, 2.45) is 5.41 Å². The van der Waals surface area contributed by atoms with Gasteiger partial charge in [-0.15, -0.1) is 0 Å². The van der Waals surface area contributed by atoms with Crippen LogP contribution in [-0.4, -0.2) is 30.6 Å². The third-order valence-corrected chi connectivity index (χ3v) is 2.85. The first-order chi connectivity index (χ1) is 8.89. The number of hydrogen-bond donors (Lipinski definition) is 1. The smallest absolute Gasteiger partial charge is 0.339 e. The highest BCUT2D eigenvalue weighted by Gasteiger charge is 2.26. The van der Waals surface area contributed by atoms with Gasteiger partial charge < -0.3 is 14.5 Å². The maximum absolute atomic E-state index is 11.8. The number of nitrogens with one attached hydrogen (secondary N) is 1. The summed E-state index contributed by atoms with van der Waals surface area (Å²) in [5.74, 6) is -0.592. The Bertz CT molecular complexity index is 448. The molecule has 1 heterocycles. The minimum Gasteiger partial charge on any atom is -0.469 e. The van der Waals surface area contributed by atoms with Crippen LogP contribution >= 0.6 is 0 Å². The lowest BCUT2D eigenvalue weighted by molar-refractivity contribution is -0.142. The molecule has 19 heavy (non-hydrogen) atoms. The van der Waals surface area contributed by atoms with E-state index < -0.39 is 0 Å². The molecule has 0 bridgehead atoms. The van der Waals surface area contributed by atoms with Gasteiger partial charge in [-0.1, -0.05) is 13.8 Å². The van der Waals surface area contributed by atoms with Crippen LogP contribution in [0.25, 0.3) is 0 Å². The minimum atomic E-state index is -0.340. The molecule has 0 aliphatic rings. The van der Waals surface area contributed by atoms with Crippen LogP contribution in [0, 0.1) is 5.41 Å². The van der Waals surface area contributed by atoms with Crippen LogP contribution in [0.4, 0.5) is 0 Å². The molecule has 0 saturated carbocycles. The van der Waals surface area contributed by atoms with Crippen molar-refractivity contribution in [2.45, 2.75) is 33.6 Å². The number of ether oxygens (including phenoxy) is 2. The van der Waals surface area contributed by atoms with Crippen molar-refractivity contribution in [3.8, 4) is 0 Å². The van der Waals surface area contributed by atoms with Crippen molar-refractivity contribution >= 4 is 11.9 Å². The van der Waals surface area contributed by atoms with Gasteiger partial charge in [0.25, 0.3) is 0 Å². The Balaban J connectivity index is 2.79. The lowest BCUT2D eigenvalue weighted by atomic mass is 9.82. The average molecular weight is 267 g/mol. The van der Waals surface area contributed by atoms with Gasteiger partial charge >= 0.3 is 11.9 Å². The molecule has 0 spiro atoms. The highest BCUT2D eigenvalue weighted by atomic mass is 16.5. The average Bonchev–Trinajstić information content (AvgIpc) is 2.75. The van der Waals surface area contributed by atoms with Gasteiger partial charge in [0.05, 0.1) is 25.7 Å². The number of rotatable bonds is 6. The topological polar surface area (TPSA) is 68.4 Å². The molecule has 5 nitrogen and oxygen atoms in total. The van der Waals surface area contributed by atoms with E-state index in [2.05, 4.69) is 9.72 Å². The minimum absolute atomic E-state index is 0.252. The van der Waals surface area contributed by atoms with Crippen LogP contribution in [0.2, 0.25) is 0 Å². The van der Waals surface area contributed by atoms with Crippen molar-refractivity contribution < 1.29 is 19.1 Å². The van der Waals surface area contributed by atoms with Gasteiger partial charge in [0.2, 0.25) is 0 Å². The van der Waals surface area contributed by atoms with Crippen LogP contribution < -0.4 is 0 Å². The van der Waals surface area contributed by atoms with Crippen molar-refractivity contribution in [1.82, 2.24) is 4.98 Å². The summed E-state index contributed by atoms with van der Waals surface area (Å²) in [6, 6.07) is 0. The quantitative estimate of drug-likeness (QED) is 0.803. The van der Waals surface area contributed by atoms with Gasteiger partial charge in [-0.2, -0.15) is 0 Å². The van der Waals surface area contributed by atoms with E-state index >= 15 is 0 Å². The van der Waals surface area contributed by atoms with E-state index in [4.69, 9.17) is 4.74 Å². The Labute approximate surface area is 113 Å². The third-order valence-electron chi connectivity index (χ3n) is 2.85. The molecule has 1 rings (SSSR count). The number of methoxy groups -OCH3 is 1. The van der Waals surface area contributed by atoms with E-state index in [9.17, 15) is 9.59 Å². The summed E-state index contributed by atoms with van der Waals surface area (Å²) in [5.41, 5.74) is 1.10. The highest BCUT2D eigenvalue weighted by Crippen LogP contribution is 2.28. The molecule has 0 aliphatic heterocycles. The fourth-order valence-electron chi connectivity index (χ4n) is 1.98. The second kappa shape index (κ2) is 6.41. The molecule has 106 valence electrons. The molecule has 0 aromatic carbocycles. The first kappa shape index (κ1) is 15.3. The van der Waals surface area contributed by atoms with Crippen molar-refractivity contribution in [1.29, 1.82) is 0 Å². The normalized spacial score (nSPS) is 11.2. The van der Waals surface area contributed by atoms with Crippen LogP contribution in [0.3, 0.4) is 0 Å². The molecule has 5 heteroatoms. The summed E-state index contributed by atoms with van der Waals surface area (Å²) in [6.45, 7) is 6.04. The van der Waals surface area contributed by atoms with E-state index in [1.807, 2.05) is 13.8 Å². The third kappa shape index (κ3) is 4.43. The Kier molecular flexibility index (Phi) is 5.15. The van der Waals surface area contributed by atoms with Gasteiger partial charge in [0.15, 0.2) is 0 Å². The van der Waals surface area contributed by atoms with Gasteiger partial charge in [-0.05, 0) is 24.3 Å². The molecule has 1 aromatic heterocycles. The molecule has 0 radical (unpaired) electrons. The highest BCUT2D eigenvalue weighted by molar-refractivity contribution is 5.91. The number of carbonyl (C=O) groups excluding carboxylic acids is 2. The zero-order valence-corrected chi connectivity index (χ0v) is 11.9. The molecule has 0 saturated heterocycles. The lowest BCUT2D eigenvalue weighted by Gasteiger charge is -2.23. The monoisotopic (exact) mass is 267 g/mol. The fraction of sp³-hybridized carbons (Fsp3) is 0.571. The van der Waals surface area contributed by atoms with Crippen LogP contribution in [0.15, 0.2) is 12.4 Å². The molecule has 1 N–H and O–H groups in total. The zero-order chi connectivity index (χ0) is 14.5. The molecule has 1 aromatic rings. The van der Waals surface area contributed by atoms with E-state index in [0.717, 1.165) is 5.56 Å². The second-order valence-corrected chi connectivity index (χ2v) is 5.21. The fourth-order valence-corrected chi connectivity index (χ4v) is 1.98. The van der Waals surface area contributed by atoms with Crippen LogP contribution in [-0.2, 0) is 20.7 Å². The number of esters is 2. The molecule has 0 fully saturated rings. The number of aromatic amines is 1. The standard InChI is InChI=1S/C14H21NO4/c1-5-19-13(17)11-9-15-8-10(11)6-14(2,3)7-12(16)18-4/h8-9,15H,5-7H2,1-4H3. The second-order valence-electron chi connectivity index (χ2n) is 5.21. The largest absolute Gasteiger partial charge is 0.469 e. The van der Waals surface area contributed by atoms with Crippen LogP contribution in [0.5, 0.6) is 0 Å². The van der Waals surface area contributed by atoms with Gasteiger partial charge in [-0.3, -0.25) is 4.79 Å². The van der Waals surface area contributed by atoms with E-state index in [-0.39, 0.29) is 17.4 Å². The SMILES string of the molecule is CCOC(=O)c1c[nH]cc1CC(C)(C)CC(=O)OC. The number of H-pyrrole nitrogens is 1. The molecule has 0 atom stereocenters. The van der Waals surface area contributed by atoms with Crippen LogP contribution in [0.1, 0.15) is 43.1 Å². The summed E-state index contributed by atoms with van der Waals surface area (Å²) in [7, 11) is 1.37. The summed E-state index contributed by atoms with van der Waals surface area (Å²) >= 11 is 0. The Hall–Kier alpha value is -1.78. The number of carbonyl (C=O) groups is 2. The summed E-state index contributed by atoms with van der Waals surface area (Å²) in [5, 5.41) is 0. The molecule has 0 aliphatic carbocycles. The Morgan fingerprint density at radius 1 is 1.32 bits per heavy atom. The van der Waals surface area contributed by atoms with Gasteiger partial charge in [-0.25, -0.2) is 4.79 Å². The van der Waals surface area contributed by atoms with Crippen molar-refractivity contribution in [2.75, 3.05) is 13.7 Å². The zero-order valence-electron chi connectivity index (χ0n) is 11.9. The molecular weight excluding hydrogens is 246 g/mol. The lowest BCUT2D eigenvalue weighted by Crippen LogP contribution is -2.21. The summed E-state index contributed by atoms with van der Waals surface area (Å²) < 4.78 is 9.68. The van der Waals surface area contributed by atoms with E-state index in [0.29, 0.717) is 25.0 Å². The van der Waals surface area contributed by atoms with Gasteiger partial charge in [0, 0.05) is 12.4 Å². The van der Waals surface area contributed by atoms with Crippen molar-refractivity contribution in [3.63, 3.8) is 0 Å². The predicted octanol–water partition coefficient (Wildman–Crippen LogP) is 2.32. The van der Waals surface area contributed by atoms with Crippen molar-refractivity contribution in [3.05, 3.63) is 23.5 Å². The molecule has 0 amide bonds. The maximum atomic E-state index is 11.8. The predicted molar refractivity (Wildman–Crippen MR) is 70.9 cm³/mol. The molecular formula is C14H21NO4. The van der Waals surface area contributed by atoms with Gasteiger partial charge in [0.1, 0.15) is 0 Å².